The minimum Gasteiger partial charge on any atom is -0.465 e. The van der Waals surface area contributed by atoms with Gasteiger partial charge in [0.2, 0.25) is 0 Å². The maximum absolute atomic E-state index is 14.1. The summed E-state index contributed by atoms with van der Waals surface area (Å²) in [6.45, 7) is -2.05. The number of ketones is 1. The number of anilines is 2. The Morgan fingerprint density at radius 2 is 1.24 bits per heavy atom. The van der Waals surface area contributed by atoms with Gasteiger partial charge in [-0.3, -0.25) is 14.6 Å². The largest absolute Gasteiger partial charge is 0.465 e. The summed E-state index contributed by atoms with van der Waals surface area (Å²) >= 11 is 7.12. The molecule has 0 saturated heterocycles. The van der Waals surface area contributed by atoms with Crippen LogP contribution in [0.1, 0.15) is 21.5 Å². The number of thioether (sulfide) groups is 1. The molecule has 222 valence electrons. The highest BCUT2D eigenvalue weighted by Crippen LogP contribution is 2.47. The lowest BCUT2D eigenvalue weighted by atomic mass is 9.79. The fourth-order valence-electron chi connectivity index (χ4n) is 4.70. The van der Waals surface area contributed by atoms with Crippen molar-refractivity contribution in [2.24, 2.45) is 5.41 Å². The second kappa shape index (κ2) is 11.4. The molecular formula is C27H19ClF6N2O5S. The SMILES string of the molecule is O=C(O)N(CC1(CN(C(=O)O)c2ccccc2C(F)(F)F)CSc2c(Cl)cccc2C1=O)c1ccccc1C(F)(F)F. The fourth-order valence-corrected chi connectivity index (χ4v) is 6.29. The average Bonchev–Trinajstić information content (AvgIpc) is 2.91. The summed E-state index contributed by atoms with van der Waals surface area (Å²) in [5.74, 6) is -1.32. The van der Waals surface area contributed by atoms with Gasteiger partial charge in [-0.15, -0.1) is 11.8 Å². The van der Waals surface area contributed by atoms with Gasteiger partial charge in [0.15, 0.2) is 5.78 Å². The molecule has 0 atom stereocenters. The van der Waals surface area contributed by atoms with Crippen LogP contribution in [0.5, 0.6) is 0 Å². The summed E-state index contributed by atoms with van der Waals surface area (Å²) in [4.78, 5) is 39.7. The second-order valence-corrected chi connectivity index (χ2v) is 10.7. The summed E-state index contributed by atoms with van der Waals surface area (Å²) in [7, 11) is 0. The van der Waals surface area contributed by atoms with Crippen LogP contribution in [-0.2, 0) is 12.4 Å². The van der Waals surface area contributed by atoms with Crippen LogP contribution in [-0.4, -0.2) is 47.0 Å². The topological polar surface area (TPSA) is 98.2 Å². The molecule has 1 aliphatic heterocycles. The molecule has 7 nitrogen and oxygen atoms in total. The number of alkyl halides is 6. The van der Waals surface area contributed by atoms with Crippen molar-refractivity contribution in [1.82, 2.24) is 0 Å². The molecule has 0 fully saturated rings. The lowest BCUT2D eigenvalue weighted by Crippen LogP contribution is -2.55. The maximum atomic E-state index is 14.1. The molecule has 1 heterocycles. The summed E-state index contributed by atoms with van der Waals surface area (Å²) in [5.41, 5.74) is -6.62. The Hall–Kier alpha value is -3.91. The first-order valence-corrected chi connectivity index (χ1v) is 13.2. The number of halogens is 7. The molecule has 42 heavy (non-hydrogen) atoms. The third-order valence-corrected chi connectivity index (χ3v) is 8.42. The van der Waals surface area contributed by atoms with E-state index in [9.17, 15) is 50.9 Å². The standard InChI is InChI=1S/C27H19ClF6N2O5S/c28-18-9-5-6-15-21(18)42-14-25(22(15)37,12-35(23(38)39)19-10-3-1-7-16(19)26(29,30)31)13-36(24(40)41)20-11-4-2-8-17(20)27(32,33)34/h1-11H,12-14H2,(H,38,39)(H,40,41). The number of benzene rings is 3. The Morgan fingerprint density at radius 3 is 1.67 bits per heavy atom. The van der Waals surface area contributed by atoms with Crippen molar-refractivity contribution in [3.05, 3.63) is 88.4 Å². The van der Waals surface area contributed by atoms with E-state index < -0.39 is 77.1 Å². The number of amides is 2. The minimum absolute atomic E-state index is 0.0809. The summed E-state index contributed by atoms with van der Waals surface area (Å²) in [5, 5.41) is 20.2. The first-order valence-electron chi connectivity index (χ1n) is 11.9. The number of hydrogen-bond donors (Lipinski definition) is 2. The molecule has 3 aromatic rings. The van der Waals surface area contributed by atoms with Gasteiger partial charge in [0, 0.05) is 29.3 Å². The zero-order valence-corrected chi connectivity index (χ0v) is 22.6. The summed E-state index contributed by atoms with van der Waals surface area (Å²) < 4.78 is 83.2. The van der Waals surface area contributed by atoms with Crippen LogP contribution in [0, 0.1) is 5.41 Å². The van der Waals surface area contributed by atoms with Crippen LogP contribution in [0.15, 0.2) is 71.6 Å². The molecular weight excluding hydrogens is 614 g/mol. The number of Topliss-reactive ketones (excluding diaryl/α,β-unsaturated/α-hetero) is 1. The van der Waals surface area contributed by atoms with Gasteiger partial charge in [0.05, 0.1) is 32.9 Å². The highest BCUT2D eigenvalue weighted by atomic mass is 35.5. The van der Waals surface area contributed by atoms with E-state index in [0.717, 1.165) is 48.2 Å². The quantitative estimate of drug-likeness (QED) is 0.267. The minimum atomic E-state index is -5.01. The molecule has 0 saturated carbocycles. The Morgan fingerprint density at radius 1 is 0.786 bits per heavy atom. The van der Waals surface area contributed by atoms with Gasteiger partial charge in [-0.2, -0.15) is 26.3 Å². The van der Waals surface area contributed by atoms with Crippen LogP contribution in [0.2, 0.25) is 5.02 Å². The third kappa shape index (κ3) is 6.00. The molecule has 1 aliphatic rings. The van der Waals surface area contributed by atoms with E-state index >= 15 is 0 Å². The predicted octanol–water partition coefficient (Wildman–Crippen LogP) is 8.02. The van der Waals surface area contributed by atoms with Crippen LogP contribution in [0.25, 0.3) is 0 Å². The van der Waals surface area contributed by atoms with E-state index in [2.05, 4.69) is 0 Å². The Bertz CT molecular complexity index is 1470. The molecule has 2 amide bonds. The maximum Gasteiger partial charge on any atom is 0.418 e. The number of hydrogen-bond acceptors (Lipinski definition) is 4. The fraction of sp³-hybridized carbons (Fsp3) is 0.222. The number of carboxylic acid groups (broad SMARTS) is 2. The van der Waals surface area contributed by atoms with Crippen LogP contribution < -0.4 is 9.80 Å². The zero-order valence-electron chi connectivity index (χ0n) is 21.0. The molecule has 3 aromatic carbocycles. The van der Waals surface area contributed by atoms with E-state index in [0.29, 0.717) is 12.1 Å². The Balaban J connectivity index is 1.92. The van der Waals surface area contributed by atoms with Crippen molar-refractivity contribution in [2.75, 3.05) is 28.6 Å². The zero-order chi connectivity index (χ0) is 31.0. The van der Waals surface area contributed by atoms with Crippen molar-refractivity contribution >= 4 is 52.7 Å². The molecule has 0 unspecified atom stereocenters. The van der Waals surface area contributed by atoms with E-state index in [1.807, 2.05) is 0 Å². The number of nitrogens with zero attached hydrogens (tertiary/aromatic N) is 2. The van der Waals surface area contributed by atoms with Crippen LogP contribution in [0.4, 0.5) is 47.3 Å². The Kier molecular flexibility index (Phi) is 8.43. The summed E-state index contributed by atoms with van der Waals surface area (Å²) in [6.07, 6.45) is -13.8. The normalized spacial score (nSPS) is 14.7. The van der Waals surface area contributed by atoms with E-state index in [1.54, 1.807) is 0 Å². The average molecular weight is 633 g/mol. The third-order valence-electron chi connectivity index (χ3n) is 6.57. The molecule has 0 bridgehead atoms. The van der Waals surface area contributed by atoms with E-state index in [1.165, 1.54) is 18.2 Å². The summed E-state index contributed by atoms with van der Waals surface area (Å²) in [6, 6.07) is 11.5. The highest BCUT2D eigenvalue weighted by molar-refractivity contribution is 7.99. The van der Waals surface area contributed by atoms with Crippen molar-refractivity contribution in [2.45, 2.75) is 17.2 Å². The van der Waals surface area contributed by atoms with Crippen molar-refractivity contribution in [3.8, 4) is 0 Å². The van der Waals surface area contributed by atoms with Crippen molar-refractivity contribution in [1.29, 1.82) is 0 Å². The Labute approximate surface area is 243 Å². The van der Waals surface area contributed by atoms with Gasteiger partial charge in [0.1, 0.15) is 0 Å². The smallest absolute Gasteiger partial charge is 0.418 e. The van der Waals surface area contributed by atoms with Gasteiger partial charge >= 0.3 is 24.5 Å². The van der Waals surface area contributed by atoms with Crippen LogP contribution >= 0.6 is 23.4 Å². The van der Waals surface area contributed by atoms with Gasteiger partial charge in [-0.1, -0.05) is 48.0 Å². The molecule has 0 spiro atoms. The molecule has 0 aliphatic carbocycles. The van der Waals surface area contributed by atoms with E-state index in [-0.39, 0.29) is 25.3 Å². The highest BCUT2D eigenvalue weighted by Gasteiger charge is 2.50. The first kappa shape index (κ1) is 31.0. The van der Waals surface area contributed by atoms with Crippen molar-refractivity contribution in [3.63, 3.8) is 0 Å². The lowest BCUT2D eigenvalue weighted by molar-refractivity contribution is -0.137. The molecule has 0 radical (unpaired) electrons. The first-order chi connectivity index (χ1) is 19.6. The predicted molar refractivity (Wildman–Crippen MR) is 143 cm³/mol. The number of fused-ring (bicyclic) bond motifs is 1. The molecule has 0 aromatic heterocycles. The monoisotopic (exact) mass is 632 g/mol. The van der Waals surface area contributed by atoms with Gasteiger partial charge in [-0.05, 0) is 30.3 Å². The lowest BCUT2D eigenvalue weighted by Gasteiger charge is -2.42. The van der Waals surface area contributed by atoms with Gasteiger partial charge in [-0.25, -0.2) is 9.59 Å². The molecule has 4 rings (SSSR count). The van der Waals surface area contributed by atoms with Crippen molar-refractivity contribution < 1.29 is 50.9 Å². The number of para-hydroxylation sites is 2. The number of carbonyl (C=O) groups excluding carboxylic acids is 1. The van der Waals surface area contributed by atoms with E-state index in [4.69, 9.17) is 11.6 Å². The second-order valence-electron chi connectivity index (χ2n) is 9.28. The van der Waals surface area contributed by atoms with Gasteiger partial charge < -0.3 is 10.2 Å². The molecule has 15 heteroatoms. The van der Waals surface area contributed by atoms with Gasteiger partial charge in [0.25, 0.3) is 0 Å². The number of carbonyl (C=O) groups is 3. The van der Waals surface area contributed by atoms with Crippen LogP contribution in [0.3, 0.4) is 0 Å². The number of rotatable bonds is 6. The molecule has 2 N–H and O–H groups in total.